The summed E-state index contributed by atoms with van der Waals surface area (Å²) in [6, 6.07) is 25.1. The van der Waals surface area contributed by atoms with Crippen LogP contribution in [-0.4, -0.2) is 17.3 Å². The van der Waals surface area contributed by atoms with Gasteiger partial charge in [-0.15, -0.1) is 10.2 Å². The molecule has 4 rings (SSSR count). The summed E-state index contributed by atoms with van der Waals surface area (Å²) in [5.74, 6) is 2.39. The van der Waals surface area contributed by atoms with Gasteiger partial charge < -0.3 is 13.9 Å². The number of nitrogens with zero attached hydrogens (tertiary/aromatic N) is 2. The van der Waals surface area contributed by atoms with E-state index < -0.39 is 0 Å². The van der Waals surface area contributed by atoms with Crippen molar-refractivity contribution in [3.63, 3.8) is 0 Å². The summed E-state index contributed by atoms with van der Waals surface area (Å²) in [6.07, 6.45) is 0. The first-order valence-corrected chi connectivity index (χ1v) is 8.57. The Kier molecular flexibility index (Phi) is 4.83. The molecule has 4 aromatic rings. The van der Waals surface area contributed by atoms with Crippen LogP contribution < -0.4 is 9.47 Å². The number of methoxy groups -OCH3 is 1. The average Bonchev–Trinajstić information content (AvgIpc) is 3.24. The molecule has 0 N–H and O–H groups in total. The third-order valence-electron chi connectivity index (χ3n) is 4.08. The molecule has 1 heterocycles. The van der Waals surface area contributed by atoms with Gasteiger partial charge in [0, 0.05) is 11.1 Å². The molecule has 0 aliphatic rings. The van der Waals surface area contributed by atoms with Gasteiger partial charge in [0.1, 0.15) is 6.61 Å². The van der Waals surface area contributed by atoms with Crippen molar-refractivity contribution < 1.29 is 13.9 Å². The molecule has 5 heteroatoms. The van der Waals surface area contributed by atoms with Gasteiger partial charge in [0.15, 0.2) is 11.5 Å². The first-order chi connectivity index (χ1) is 13.3. The molecule has 0 amide bonds. The van der Waals surface area contributed by atoms with E-state index in [1.54, 1.807) is 7.11 Å². The standard InChI is InChI=1S/C22H18N2O3/c1-25-19-12-5-6-13-20(19)26-15-16-8-7-11-18(14-16)22-24-23-21(27-22)17-9-3-2-4-10-17/h2-14H,15H2,1H3. The Morgan fingerprint density at radius 3 is 2.19 bits per heavy atom. The molecule has 0 spiro atoms. The number of ether oxygens (including phenoxy) is 2. The molecule has 3 aromatic carbocycles. The van der Waals surface area contributed by atoms with Crippen molar-refractivity contribution in [3.8, 4) is 34.4 Å². The van der Waals surface area contributed by atoms with E-state index in [2.05, 4.69) is 10.2 Å². The molecule has 0 aliphatic carbocycles. The van der Waals surface area contributed by atoms with Crippen molar-refractivity contribution in [2.75, 3.05) is 7.11 Å². The van der Waals surface area contributed by atoms with Gasteiger partial charge >= 0.3 is 0 Å². The summed E-state index contributed by atoms with van der Waals surface area (Å²) < 4.78 is 17.0. The van der Waals surface area contributed by atoms with E-state index in [1.165, 1.54) is 0 Å². The number of para-hydroxylation sites is 2. The molecular formula is C22H18N2O3. The molecule has 5 nitrogen and oxygen atoms in total. The maximum absolute atomic E-state index is 5.89. The molecule has 0 fully saturated rings. The zero-order valence-electron chi connectivity index (χ0n) is 14.8. The van der Waals surface area contributed by atoms with E-state index >= 15 is 0 Å². The van der Waals surface area contributed by atoms with Crippen LogP contribution in [0.3, 0.4) is 0 Å². The van der Waals surface area contributed by atoms with Crippen LogP contribution in [-0.2, 0) is 6.61 Å². The van der Waals surface area contributed by atoms with Gasteiger partial charge in [-0.1, -0.05) is 42.5 Å². The van der Waals surface area contributed by atoms with E-state index in [0.717, 1.165) is 16.7 Å². The van der Waals surface area contributed by atoms with Gasteiger partial charge in [0.05, 0.1) is 7.11 Å². The lowest BCUT2D eigenvalue weighted by Crippen LogP contribution is -1.97. The van der Waals surface area contributed by atoms with E-state index in [9.17, 15) is 0 Å². The van der Waals surface area contributed by atoms with Gasteiger partial charge in [-0.2, -0.15) is 0 Å². The predicted molar refractivity (Wildman–Crippen MR) is 102 cm³/mol. The molecule has 134 valence electrons. The number of hydrogen-bond acceptors (Lipinski definition) is 5. The van der Waals surface area contributed by atoms with Gasteiger partial charge in [0.2, 0.25) is 11.8 Å². The first-order valence-electron chi connectivity index (χ1n) is 8.57. The molecule has 1 aromatic heterocycles. The lowest BCUT2D eigenvalue weighted by molar-refractivity contribution is 0.284. The van der Waals surface area contributed by atoms with Crippen LogP contribution in [0.5, 0.6) is 11.5 Å². The topological polar surface area (TPSA) is 57.4 Å². The molecule has 0 atom stereocenters. The second-order valence-electron chi connectivity index (χ2n) is 5.92. The predicted octanol–water partition coefficient (Wildman–Crippen LogP) is 4.99. The maximum Gasteiger partial charge on any atom is 0.248 e. The van der Waals surface area contributed by atoms with Crippen molar-refractivity contribution in [3.05, 3.63) is 84.4 Å². The van der Waals surface area contributed by atoms with Gasteiger partial charge in [-0.25, -0.2) is 0 Å². The highest BCUT2D eigenvalue weighted by Crippen LogP contribution is 2.28. The second kappa shape index (κ2) is 7.74. The largest absolute Gasteiger partial charge is 0.493 e. The summed E-state index contributed by atoms with van der Waals surface area (Å²) in [5, 5.41) is 8.32. The summed E-state index contributed by atoms with van der Waals surface area (Å²) in [4.78, 5) is 0. The van der Waals surface area contributed by atoms with Crippen LogP contribution in [0.15, 0.2) is 83.3 Å². The van der Waals surface area contributed by atoms with Crippen LogP contribution in [0.4, 0.5) is 0 Å². The fourth-order valence-electron chi connectivity index (χ4n) is 2.73. The lowest BCUT2D eigenvalue weighted by Gasteiger charge is -2.10. The van der Waals surface area contributed by atoms with Crippen LogP contribution in [0.1, 0.15) is 5.56 Å². The van der Waals surface area contributed by atoms with Gasteiger partial charge in [0.25, 0.3) is 0 Å². The fraction of sp³-hybridized carbons (Fsp3) is 0.0909. The Bertz CT molecular complexity index is 1030. The summed E-state index contributed by atoms with van der Waals surface area (Å²) >= 11 is 0. The summed E-state index contributed by atoms with van der Waals surface area (Å²) in [5.41, 5.74) is 2.75. The number of rotatable bonds is 6. The normalized spacial score (nSPS) is 10.6. The minimum atomic E-state index is 0.411. The third-order valence-corrected chi connectivity index (χ3v) is 4.08. The van der Waals surface area contributed by atoms with Crippen molar-refractivity contribution in [1.29, 1.82) is 0 Å². The SMILES string of the molecule is COc1ccccc1OCc1cccc(-c2nnc(-c3ccccc3)o2)c1. The van der Waals surface area contributed by atoms with Crippen LogP contribution in [0, 0.1) is 0 Å². The fourth-order valence-corrected chi connectivity index (χ4v) is 2.73. The van der Waals surface area contributed by atoms with Crippen LogP contribution >= 0.6 is 0 Å². The smallest absolute Gasteiger partial charge is 0.248 e. The van der Waals surface area contributed by atoms with Gasteiger partial charge in [-0.3, -0.25) is 0 Å². The highest BCUT2D eigenvalue weighted by molar-refractivity contribution is 5.58. The van der Waals surface area contributed by atoms with Crippen molar-refractivity contribution in [1.82, 2.24) is 10.2 Å². The molecule has 27 heavy (non-hydrogen) atoms. The van der Waals surface area contributed by atoms with Crippen LogP contribution in [0.25, 0.3) is 22.9 Å². The number of hydrogen-bond donors (Lipinski definition) is 0. The van der Waals surface area contributed by atoms with Crippen molar-refractivity contribution >= 4 is 0 Å². The van der Waals surface area contributed by atoms with E-state index in [1.807, 2.05) is 78.9 Å². The Morgan fingerprint density at radius 2 is 1.41 bits per heavy atom. The number of benzene rings is 3. The first kappa shape index (κ1) is 16.8. The average molecular weight is 358 g/mol. The Labute approximate surface area is 157 Å². The lowest BCUT2D eigenvalue weighted by atomic mass is 10.1. The van der Waals surface area contributed by atoms with Crippen molar-refractivity contribution in [2.24, 2.45) is 0 Å². The second-order valence-corrected chi connectivity index (χ2v) is 5.92. The highest BCUT2D eigenvalue weighted by atomic mass is 16.5. The Hall–Kier alpha value is -3.60. The minimum absolute atomic E-state index is 0.411. The van der Waals surface area contributed by atoms with Gasteiger partial charge in [-0.05, 0) is 42.0 Å². The third kappa shape index (κ3) is 3.82. The zero-order valence-corrected chi connectivity index (χ0v) is 14.8. The summed E-state index contributed by atoms with van der Waals surface area (Å²) in [7, 11) is 1.63. The van der Waals surface area contributed by atoms with E-state index in [4.69, 9.17) is 13.9 Å². The van der Waals surface area contributed by atoms with E-state index in [0.29, 0.717) is 29.9 Å². The number of aromatic nitrogens is 2. The maximum atomic E-state index is 5.89. The monoisotopic (exact) mass is 358 g/mol. The molecule has 0 bridgehead atoms. The quantitative estimate of drug-likeness (QED) is 0.486. The molecule has 0 saturated carbocycles. The van der Waals surface area contributed by atoms with Crippen LogP contribution in [0.2, 0.25) is 0 Å². The summed E-state index contributed by atoms with van der Waals surface area (Å²) in [6.45, 7) is 0.411. The molecule has 0 unspecified atom stereocenters. The zero-order chi connectivity index (χ0) is 18.5. The molecule has 0 saturated heterocycles. The Balaban J connectivity index is 1.52. The Morgan fingerprint density at radius 1 is 0.741 bits per heavy atom. The molecular weight excluding hydrogens is 340 g/mol. The van der Waals surface area contributed by atoms with E-state index in [-0.39, 0.29) is 0 Å². The minimum Gasteiger partial charge on any atom is -0.493 e. The molecule has 0 radical (unpaired) electrons. The molecule has 0 aliphatic heterocycles. The highest BCUT2D eigenvalue weighted by Gasteiger charge is 2.11. The van der Waals surface area contributed by atoms with Crippen molar-refractivity contribution in [2.45, 2.75) is 6.61 Å².